The fraction of sp³-hybridized carbons (Fsp3) is 0.692. The largest absolute Gasteiger partial charge is 0.481 e. The lowest BCUT2D eigenvalue weighted by atomic mass is 9.80. The average Bonchev–Trinajstić information content (AvgIpc) is 2.13. The number of terminal acetylenes is 1. The van der Waals surface area contributed by atoms with Gasteiger partial charge in [0.25, 0.3) is 0 Å². The second kappa shape index (κ2) is 6.29. The summed E-state index contributed by atoms with van der Waals surface area (Å²) in [5, 5.41) is 11.7. The van der Waals surface area contributed by atoms with Crippen LogP contribution >= 0.6 is 0 Å². The van der Waals surface area contributed by atoms with Crippen molar-refractivity contribution in [3.8, 4) is 12.3 Å². The summed E-state index contributed by atoms with van der Waals surface area (Å²) >= 11 is 0. The topological polar surface area (TPSA) is 66.4 Å². The molecule has 2 N–H and O–H groups in total. The van der Waals surface area contributed by atoms with Crippen LogP contribution in [-0.2, 0) is 9.59 Å². The molecule has 0 heterocycles. The highest BCUT2D eigenvalue weighted by molar-refractivity contribution is 5.98. The van der Waals surface area contributed by atoms with Crippen LogP contribution < -0.4 is 5.32 Å². The van der Waals surface area contributed by atoms with Gasteiger partial charge in [0.2, 0.25) is 5.91 Å². The summed E-state index contributed by atoms with van der Waals surface area (Å²) in [6.07, 6.45) is 6.77. The summed E-state index contributed by atoms with van der Waals surface area (Å²) in [5.41, 5.74) is -0.638. The highest BCUT2D eigenvalue weighted by atomic mass is 16.4. The molecule has 0 aromatic carbocycles. The lowest BCUT2D eigenvalue weighted by Crippen LogP contribution is -2.46. The fourth-order valence-corrected chi connectivity index (χ4v) is 1.62. The zero-order valence-electron chi connectivity index (χ0n) is 10.9. The summed E-state index contributed by atoms with van der Waals surface area (Å²) < 4.78 is 0. The van der Waals surface area contributed by atoms with Crippen LogP contribution in [0.5, 0.6) is 0 Å². The van der Waals surface area contributed by atoms with Crippen LogP contribution in [0.3, 0.4) is 0 Å². The van der Waals surface area contributed by atoms with Gasteiger partial charge in [-0.25, -0.2) is 0 Å². The molecule has 0 bridgehead atoms. The average molecular weight is 239 g/mol. The van der Waals surface area contributed by atoms with E-state index in [1.165, 1.54) is 0 Å². The third-order valence-corrected chi connectivity index (χ3v) is 2.47. The van der Waals surface area contributed by atoms with Crippen molar-refractivity contribution in [2.75, 3.05) is 0 Å². The van der Waals surface area contributed by atoms with E-state index in [2.05, 4.69) is 11.2 Å². The molecule has 0 aromatic heterocycles. The SMILES string of the molecule is C#CC(CCC)NC(=O)C(C(=O)O)C(C)(C)C. The van der Waals surface area contributed by atoms with Crippen LogP contribution in [0.15, 0.2) is 0 Å². The van der Waals surface area contributed by atoms with E-state index in [0.717, 1.165) is 6.42 Å². The minimum Gasteiger partial charge on any atom is -0.481 e. The van der Waals surface area contributed by atoms with E-state index in [1.54, 1.807) is 20.8 Å². The van der Waals surface area contributed by atoms with Gasteiger partial charge in [0, 0.05) is 0 Å². The van der Waals surface area contributed by atoms with Crippen molar-refractivity contribution in [3.05, 3.63) is 0 Å². The van der Waals surface area contributed by atoms with E-state index in [4.69, 9.17) is 11.5 Å². The van der Waals surface area contributed by atoms with Gasteiger partial charge in [-0.05, 0) is 11.8 Å². The Bertz CT molecular complexity index is 323. The van der Waals surface area contributed by atoms with Gasteiger partial charge in [0.1, 0.15) is 5.92 Å². The molecular formula is C13H21NO3. The van der Waals surface area contributed by atoms with Crippen molar-refractivity contribution in [1.29, 1.82) is 0 Å². The Morgan fingerprint density at radius 2 is 1.94 bits per heavy atom. The first kappa shape index (κ1) is 15.5. The molecule has 0 aliphatic rings. The van der Waals surface area contributed by atoms with Gasteiger partial charge >= 0.3 is 5.97 Å². The zero-order chi connectivity index (χ0) is 13.6. The number of carbonyl (C=O) groups excluding carboxylic acids is 1. The predicted octanol–water partition coefficient (Wildman–Crippen LogP) is 1.65. The summed E-state index contributed by atoms with van der Waals surface area (Å²) in [6, 6.07) is -0.392. The Hall–Kier alpha value is -1.50. The third kappa shape index (κ3) is 4.90. The number of nitrogens with one attached hydrogen (secondary N) is 1. The molecule has 17 heavy (non-hydrogen) atoms. The number of hydrogen-bond acceptors (Lipinski definition) is 2. The molecule has 4 heteroatoms. The lowest BCUT2D eigenvalue weighted by molar-refractivity contribution is -0.151. The summed E-state index contributed by atoms with van der Waals surface area (Å²) in [6.45, 7) is 7.11. The standard InChI is InChI=1S/C13H21NO3/c1-6-8-9(7-2)14-11(15)10(12(16)17)13(3,4)5/h2,9-10H,6,8H2,1,3-5H3,(H,14,15)(H,16,17). The van der Waals surface area contributed by atoms with Gasteiger partial charge in [-0.2, -0.15) is 0 Å². The Morgan fingerprint density at radius 3 is 2.24 bits per heavy atom. The van der Waals surface area contributed by atoms with Crippen molar-refractivity contribution >= 4 is 11.9 Å². The van der Waals surface area contributed by atoms with Crippen molar-refractivity contribution in [2.24, 2.45) is 11.3 Å². The molecule has 0 aromatic rings. The van der Waals surface area contributed by atoms with E-state index in [0.29, 0.717) is 6.42 Å². The second-order valence-electron chi connectivity index (χ2n) is 5.15. The highest BCUT2D eigenvalue weighted by Crippen LogP contribution is 2.26. The molecule has 0 saturated carbocycles. The van der Waals surface area contributed by atoms with Crippen LogP contribution in [0.1, 0.15) is 40.5 Å². The molecule has 0 spiro atoms. The smallest absolute Gasteiger partial charge is 0.316 e. The first-order chi connectivity index (χ1) is 7.73. The van der Waals surface area contributed by atoms with Crippen molar-refractivity contribution < 1.29 is 14.7 Å². The Labute approximate surface area is 103 Å². The summed E-state index contributed by atoms with van der Waals surface area (Å²) in [4.78, 5) is 23.0. The predicted molar refractivity (Wildman–Crippen MR) is 66.3 cm³/mol. The van der Waals surface area contributed by atoms with E-state index < -0.39 is 29.3 Å². The zero-order valence-corrected chi connectivity index (χ0v) is 10.9. The number of carbonyl (C=O) groups is 2. The molecule has 2 unspecified atom stereocenters. The van der Waals surface area contributed by atoms with Gasteiger partial charge < -0.3 is 10.4 Å². The molecule has 4 nitrogen and oxygen atoms in total. The molecule has 0 aliphatic carbocycles. The number of amides is 1. The van der Waals surface area contributed by atoms with Gasteiger partial charge in [0.15, 0.2) is 0 Å². The fourth-order valence-electron chi connectivity index (χ4n) is 1.62. The van der Waals surface area contributed by atoms with Crippen LogP contribution in [-0.4, -0.2) is 23.0 Å². The third-order valence-electron chi connectivity index (χ3n) is 2.47. The first-order valence-corrected chi connectivity index (χ1v) is 5.73. The van der Waals surface area contributed by atoms with Gasteiger partial charge in [-0.3, -0.25) is 9.59 Å². The van der Waals surface area contributed by atoms with Crippen LogP contribution in [0.25, 0.3) is 0 Å². The van der Waals surface area contributed by atoms with E-state index >= 15 is 0 Å². The maximum atomic E-state index is 11.9. The van der Waals surface area contributed by atoms with Crippen LogP contribution in [0.2, 0.25) is 0 Å². The van der Waals surface area contributed by atoms with Crippen molar-refractivity contribution in [3.63, 3.8) is 0 Å². The number of rotatable bonds is 5. The van der Waals surface area contributed by atoms with Crippen LogP contribution in [0, 0.1) is 23.7 Å². The molecule has 96 valence electrons. The Balaban J connectivity index is 4.77. The van der Waals surface area contributed by atoms with Crippen molar-refractivity contribution in [2.45, 2.75) is 46.6 Å². The molecule has 0 saturated heterocycles. The normalized spacial score (nSPS) is 14.5. The summed E-state index contributed by atoms with van der Waals surface area (Å²) in [5.74, 6) is -0.269. The molecule has 0 fully saturated rings. The van der Waals surface area contributed by atoms with Gasteiger partial charge in [-0.15, -0.1) is 6.42 Å². The maximum absolute atomic E-state index is 11.9. The van der Waals surface area contributed by atoms with Gasteiger partial charge in [-0.1, -0.05) is 40.0 Å². The molecule has 0 aliphatic heterocycles. The highest BCUT2D eigenvalue weighted by Gasteiger charge is 2.38. The molecule has 2 atom stereocenters. The molecule has 1 amide bonds. The minimum absolute atomic E-state index is 0.392. The monoisotopic (exact) mass is 239 g/mol. The lowest BCUT2D eigenvalue weighted by Gasteiger charge is -2.27. The minimum atomic E-state index is -1.12. The molecular weight excluding hydrogens is 218 g/mol. The van der Waals surface area contributed by atoms with E-state index in [-0.39, 0.29) is 0 Å². The van der Waals surface area contributed by atoms with Gasteiger partial charge in [0.05, 0.1) is 6.04 Å². The quantitative estimate of drug-likeness (QED) is 0.566. The van der Waals surface area contributed by atoms with Crippen molar-refractivity contribution in [1.82, 2.24) is 5.32 Å². The Kier molecular flexibility index (Phi) is 5.73. The maximum Gasteiger partial charge on any atom is 0.316 e. The molecule has 0 radical (unpaired) electrons. The number of carboxylic acid groups (broad SMARTS) is 1. The second-order valence-corrected chi connectivity index (χ2v) is 5.15. The first-order valence-electron chi connectivity index (χ1n) is 5.73. The van der Waals surface area contributed by atoms with Crippen LogP contribution in [0.4, 0.5) is 0 Å². The number of carboxylic acids is 1. The molecule has 0 rings (SSSR count). The van der Waals surface area contributed by atoms with E-state index in [1.807, 2.05) is 6.92 Å². The Morgan fingerprint density at radius 1 is 1.41 bits per heavy atom. The summed E-state index contributed by atoms with van der Waals surface area (Å²) in [7, 11) is 0. The van der Waals surface area contributed by atoms with E-state index in [9.17, 15) is 9.59 Å². The number of aliphatic carboxylic acids is 1. The number of hydrogen-bond donors (Lipinski definition) is 2.